The lowest BCUT2D eigenvalue weighted by atomic mass is 9.73. The normalized spacial score (nSPS) is 19.3. The summed E-state index contributed by atoms with van der Waals surface area (Å²) in [6.07, 6.45) is 6.91. The number of anilines is 1. The summed E-state index contributed by atoms with van der Waals surface area (Å²) in [6.45, 7) is 0.435. The van der Waals surface area contributed by atoms with Gasteiger partial charge in [-0.3, -0.25) is 4.79 Å². The number of amides is 1. The number of nitrogens with two attached hydrogens (primary N) is 1. The number of hydrogen-bond donors (Lipinski definition) is 2. The zero-order valence-corrected chi connectivity index (χ0v) is 10.1. The lowest BCUT2D eigenvalue weighted by molar-refractivity contribution is -0.126. The first-order valence-corrected chi connectivity index (χ1v) is 6.56. The molecule has 0 unspecified atom stereocenters. The molecule has 1 aliphatic rings. The molecule has 0 atom stereocenters. The second-order valence-electron chi connectivity index (χ2n) is 4.34. The third-order valence-corrected chi connectivity index (χ3v) is 4.02. The number of thiazole rings is 1. The molecule has 88 valence electrons. The highest BCUT2D eigenvalue weighted by Crippen LogP contribution is 2.36. The van der Waals surface area contributed by atoms with Gasteiger partial charge >= 0.3 is 0 Å². The zero-order chi connectivity index (χ0) is 11.4. The largest absolute Gasteiger partial charge is 0.329 e. The monoisotopic (exact) mass is 239 g/mol. The number of nitrogens with one attached hydrogen (secondary N) is 1. The van der Waals surface area contributed by atoms with Crippen LogP contribution in [0.1, 0.15) is 32.1 Å². The molecule has 0 spiro atoms. The molecule has 16 heavy (non-hydrogen) atoms. The number of hydrogen-bond acceptors (Lipinski definition) is 4. The van der Waals surface area contributed by atoms with Crippen molar-refractivity contribution in [1.82, 2.24) is 4.98 Å². The molecule has 1 aromatic rings. The Balaban J connectivity index is 2.06. The number of nitrogens with zero attached hydrogens (tertiary/aromatic N) is 1. The van der Waals surface area contributed by atoms with Crippen LogP contribution in [-0.4, -0.2) is 17.4 Å². The Hall–Kier alpha value is -0.940. The molecule has 1 aromatic heterocycles. The van der Waals surface area contributed by atoms with Gasteiger partial charge in [0.15, 0.2) is 5.13 Å². The third-order valence-electron chi connectivity index (χ3n) is 3.34. The van der Waals surface area contributed by atoms with Crippen LogP contribution in [0.5, 0.6) is 0 Å². The minimum absolute atomic E-state index is 0.0460. The van der Waals surface area contributed by atoms with Gasteiger partial charge in [0.2, 0.25) is 5.91 Å². The lowest BCUT2D eigenvalue weighted by Crippen LogP contribution is -2.43. The molecule has 0 radical (unpaired) electrons. The molecule has 0 aromatic carbocycles. The Morgan fingerprint density at radius 3 is 2.81 bits per heavy atom. The topological polar surface area (TPSA) is 68.0 Å². The van der Waals surface area contributed by atoms with Crippen LogP contribution >= 0.6 is 11.3 Å². The molecule has 0 aliphatic heterocycles. The predicted molar refractivity (Wildman–Crippen MR) is 65.3 cm³/mol. The van der Waals surface area contributed by atoms with Crippen molar-refractivity contribution in [3.05, 3.63) is 11.6 Å². The summed E-state index contributed by atoms with van der Waals surface area (Å²) >= 11 is 1.44. The van der Waals surface area contributed by atoms with Crippen LogP contribution in [0, 0.1) is 5.41 Å². The summed E-state index contributed by atoms with van der Waals surface area (Å²) in [4.78, 5) is 16.3. The molecule has 1 saturated carbocycles. The fourth-order valence-corrected chi connectivity index (χ4v) is 2.79. The van der Waals surface area contributed by atoms with Gasteiger partial charge in [0.1, 0.15) is 0 Å². The van der Waals surface area contributed by atoms with Gasteiger partial charge in [-0.25, -0.2) is 4.98 Å². The van der Waals surface area contributed by atoms with Gasteiger partial charge in [-0.05, 0) is 12.8 Å². The summed E-state index contributed by atoms with van der Waals surface area (Å²) in [7, 11) is 0. The standard InChI is InChI=1S/C11H17N3OS/c12-8-11(4-2-1-3-5-11)9(15)14-10-13-6-7-16-10/h6-7H,1-5,8,12H2,(H,13,14,15). The Morgan fingerprint density at radius 2 is 2.25 bits per heavy atom. The van der Waals surface area contributed by atoms with Crippen LogP contribution in [0.25, 0.3) is 0 Å². The van der Waals surface area contributed by atoms with Crippen molar-refractivity contribution < 1.29 is 4.79 Å². The van der Waals surface area contributed by atoms with Crippen molar-refractivity contribution in [3.8, 4) is 0 Å². The van der Waals surface area contributed by atoms with E-state index >= 15 is 0 Å². The van der Waals surface area contributed by atoms with E-state index in [0.29, 0.717) is 11.7 Å². The minimum atomic E-state index is -0.357. The van der Waals surface area contributed by atoms with E-state index in [1.165, 1.54) is 17.8 Å². The van der Waals surface area contributed by atoms with Gasteiger partial charge in [0.05, 0.1) is 5.41 Å². The molecular weight excluding hydrogens is 222 g/mol. The molecule has 1 heterocycles. The van der Waals surface area contributed by atoms with E-state index in [9.17, 15) is 4.79 Å². The van der Waals surface area contributed by atoms with Gasteiger partial charge < -0.3 is 11.1 Å². The minimum Gasteiger partial charge on any atom is -0.329 e. The number of aromatic nitrogens is 1. The Kier molecular flexibility index (Phi) is 3.56. The van der Waals surface area contributed by atoms with E-state index in [0.717, 1.165) is 25.7 Å². The van der Waals surface area contributed by atoms with Gasteiger partial charge in [-0.1, -0.05) is 19.3 Å². The number of carbonyl (C=O) groups is 1. The first-order valence-electron chi connectivity index (χ1n) is 5.68. The molecule has 4 nitrogen and oxygen atoms in total. The molecule has 1 fully saturated rings. The molecule has 1 aliphatic carbocycles. The second kappa shape index (κ2) is 4.93. The van der Waals surface area contributed by atoms with Gasteiger partial charge in [-0.2, -0.15) is 0 Å². The van der Waals surface area contributed by atoms with Crippen molar-refractivity contribution >= 4 is 22.4 Å². The van der Waals surface area contributed by atoms with E-state index in [4.69, 9.17) is 5.73 Å². The molecular formula is C11H17N3OS. The van der Waals surface area contributed by atoms with E-state index < -0.39 is 0 Å². The maximum absolute atomic E-state index is 12.2. The highest BCUT2D eigenvalue weighted by molar-refractivity contribution is 7.13. The second-order valence-corrected chi connectivity index (χ2v) is 5.23. The molecule has 3 N–H and O–H groups in total. The Bertz CT molecular complexity index is 344. The average Bonchev–Trinajstić information content (AvgIpc) is 2.82. The van der Waals surface area contributed by atoms with E-state index in [-0.39, 0.29) is 11.3 Å². The molecule has 2 rings (SSSR count). The summed E-state index contributed by atoms with van der Waals surface area (Å²) in [5.41, 5.74) is 5.43. The number of carbonyl (C=O) groups excluding carboxylic acids is 1. The lowest BCUT2D eigenvalue weighted by Gasteiger charge is -2.34. The van der Waals surface area contributed by atoms with Crippen molar-refractivity contribution in [2.75, 3.05) is 11.9 Å². The van der Waals surface area contributed by atoms with Crippen LogP contribution in [0.4, 0.5) is 5.13 Å². The first kappa shape index (κ1) is 11.5. The molecule has 0 bridgehead atoms. The van der Waals surface area contributed by atoms with Crippen LogP contribution in [-0.2, 0) is 4.79 Å². The van der Waals surface area contributed by atoms with Crippen LogP contribution in [0.3, 0.4) is 0 Å². The highest BCUT2D eigenvalue weighted by atomic mass is 32.1. The third kappa shape index (κ3) is 2.25. The summed E-state index contributed by atoms with van der Waals surface area (Å²) < 4.78 is 0. The van der Waals surface area contributed by atoms with Crippen LogP contribution < -0.4 is 11.1 Å². The summed E-state index contributed by atoms with van der Waals surface area (Å²) in [5.74, 6) is 0.0460. The quantitative estimate of drug-likeness (QED) is 0.847. The van der Waals surface area contributed by atoms with E-state index in [1.807, 2.05) is 5.38 Å². The molecule has 5 heteroatoms. The van der Waals surface area contributed by atoms with Crippen molar-refractivity contribution in [2.45, 2.75) is 32.1 Å². The average molecular weight is 239 g/mol. The van der Waals surface area contributed by atoms with Gasteiger partial charge in [0, 0.05) is 18.1 Å². The van der Waals surface area contributed by atoms with Crippen molar-refractivity contribution in [1.29, 1.82) is 0 Å². The fraction of sp³-hybridized carbons (Fsp3) is 0.636. The predicted octanol–water partition coefficient (Wildman–Crippen LogP) is 1.99. The van der Waals surface area contributed by atoms with E-state index in [2.05, 4.69) is 10.3 Å². The van der Waals surface area contributed by atoms with E-state index in [1.54, 1.807) is 6.20 Å². The zero-order valence-electron chi connectivity index (χ0n) is 9.24. The van der Waals surface area contributed by atoms with Gasteiger partial charge in [-0.15, -0.1) is 11.3 Å². The Morgan fingerprint density at radius 1 is 1.50 bits per heavy atom. The molecule has 1 amide bonds. The summed E-state index contributed by atoms with van der Waals surface area (Å²) in [6, 6.07) is 0. The summed E-state index contributed by atoms with van der Waals surface area (Å²) in [5, 5.41) is 5.39. The van der Waals surface area contributed by atoms with Crippen molar-refractivity contribution in [3.63, 3.8) is 0 Å². The van der Waals surface area contributed by atoms with Crippen LogP contribution in [0.2, 0.25) is 0 Å². The van der Waals surface area contributed by atoms with Gasteiger partial charge in [0.25, 0.3) is 0 Å². The fourth-order valence-electron chi connectivity index (χ4n) is 2.27. The molecule has 0 saturated heterocycles. The smallest absolute Gasteiger partial charge is 0.233 e. The highest BCUT2D eigenvalue weighted by Gasteiger charge is 2.38. The maximum atomic E-state index is 12.2. The van der Waals surface area contributed by atoms with Crippen molar-refractivity contribution in [2.24, 2.45) is 11.1 Å². The first-order chi connectivity index (χ1) is 7.77. The van der Waals surface area contributed by atoms with Crippen LogP contribution in [0.15, 0.2) is 11.6 Å². The maximum Gasteiger partial charge on any atom is 0.233 e. The number of rotatable bonds is 3. The SMILES string of the molecule is NCC1(C(=O)Nc2nccs2)CCCCC1. The Labute approximate surface area is 99.3 Å².